The quantitative estimate of drug-likeness (QED) is 0.489. The topological polar surface area (TPSA) is 122 Å². The van der Waals surface area contributed by atoms with Gasteiger partial charge in [0.2, 0.25) is 0 Å². The highest BCUT2D eigenvalue weighted by Gasteiger charge is 2.21. The average Bonchev–Trinajstić information content (AvgIpc) is 2.47. The highest BCUT2D eigenvalue weighted by Crippen LogP contribution is 2.11. The summed E-state index contributed by atoms with van der Waals surface area (Å²) in [6, 6.07) is 0. The van der Waals surface area contributed by atoms with E-state index < -0.39 is 11.7 Å². The van der Waals surface area contributed by atoms with Gasteiger partial charge in [0.15, 0.2) is 0 Å². The lowest BCUT2D eigenvalue weighted by molar-refractivity contribution is 0.0244. The minimum absolute atomic E-state index is 0.353. The fourth-order valence-electron chi connectivity index (χ4n) is 2.09. The Morgan fingerprint density at radius 2 is 1.29 bits per heavy atom. The highest BCUT2D eigenvalue weighted by molar-refractivity contribution is 5.68. The van der Waals surface area contributed by atoms with Crippen LogP contribution in [0.25, 0.3) is 0 Å². The normalized spacial score (nSPS) is 11.2. The van der Waals surface area contributed by atoms with Gasteiger partial charge in [-0.1, -0.05) is 0 Å². The molecule has 0 aromatic heterocycles. The summed E-state index contributed by atoms with van der Waals surface area (Å²) < 4.78 is 5.39. The summed E-state index contributed by atoms with van der Waals surface area (Å²) in [5.41, 5.74) is 10.4. The first-order valence-corrected chi connectivity index (χ1v) is 8.57. The van der Waals surface area contributed by atoms with Crippen molar-refractivity contribution in [2.75, 3.05) is 39.3 Å². The Bertz CT molecular complexity index is 372. The summed E-state index contributed by atoms with van der Waals surface area (Å²) in [6.45, 7) is 8.40. The Balaban J connectivity index is 4.34. The number of hydrogen-bond acceptors (Lipinski definition) is 5. The van der Waals surface area contributed by atoms with Gasteiger partial charge in [0.05, 0.1) is 0 Å². The van der Waals surface area contributed by atoms with E-state index in [0.29, 0.717) is 65.0 Å². The van der Waals surface area contributed by atoms with E-state index in [-0.39, 0.29) is 6.09 Å². The first kappa shape index (κ1) is 22.5. The van der Waals surface area contributed by atoms with Crippen LogP contribution >= 0.6 is 0 Å². The first-order chi connectivity index (χ1) is 11.2. The molecule has 0 fully saturated rings. The predicted molar refractivity (Wildman–Crippen MR) is 94.0 cm³/mol. The summed E-state index contributed by atoms with van der Waals surface area (Å²) in [6.07, 6.45) is 1.45. The van der Waals surface area contributed by atoms with Crippen LogP contribution in [-0.4, -0.2) is 72.0 Å². The molecule has 24 heavy (non-hydrogen) atoms. The van der Waals surface area contributed by atoms with E-state index in [1.807, 2.05) is 20.8 Å². The monoisotopic (exact) mass is 346 g/mol. The Morgan fingerprint density at radius 1 is 0.875 bits per heavy atom. The van der Waals surface area contributed by atoms with E-state index in [9.17, 15) is 9.59 Å². The van der Waals surface area contributed by atoms with E-state index in [0.717, 1.165) is 0 Å². The lowest BCUT2D eigenvalue weighted by atomic mass is 10.2. The number of carboxylic acid groups (broad SMARTS) is 1. The van der Waals surface area contributed by atoms with E-state index in [1.165, 1.54) is 4.90 Å². The van der Waals surface area contributed by atoms with Gasteiger partial charge in [0.25, 0.3) is 0 Å². The number of amides is 2. The molecule has 0 spiro atoms. The maximum atomic E-state index is 12.2. The van der Waals surface area contributed by atoms with Crippen LogP contribution in [0.15, 0.2) is 0 Å². The van der Waals surface area contributed by atoms with Crippen molar-refractivity contribution in [2.24, 2.45) is 11.5 Å². The second-order valence-corrected chi connectivity index (χ2v) is 6.73. The standard InChI is InChI=1S/C16H34N4O4/c1-16(2,3)24-15(23)20(13-7-9-18)11-5-4-10-19(14(21)22)12-6-8-17/h4-13,17-18H2,1-3H3,(H,21,22). The van der Waals surface area contributed by atoms with Crippen LogP contribution in [0.1, 0.15) is 46.5 Å². The van der Waals surface area contributed by atoms with Gasteiger partial charge < -0.3 is 31.1 Å². The van der Waals surface area contributed by atoms with Crippen LogP contribution in [0.2, 0.25) is 0 Å². The smallest absolute Gasteiger partial charge is 0.410 e. The fourth-order valence-corrected chi connectivity index (χ4v) is 2.09. The second-order valence-electron chi connectivity index (χ2n) is 6.73. The third kappa shape index (κ3) is 11.1. The van der Waals surface area contributed by atoms with Crippen molar-refractivity contribution in [3.8, 4) is 0 Å². The Hall–Kier alpha value is -1.54. The summed E-state index contributed by atoms with van der Waals surface area (Å²) in [5, 5.41) is 9.13. The molecule has 8 nitrogen and oxygen atoms in total. The van der Waals surface area contributed by atoms with Crippen molar-refractivity contribution in [2.45, 2.75) is 52.1 Å². The number of rotatable bonds is 11. The number of carbonyl (C=O) groups excluding carboxylic acids is 1. The van der Waals surface area contributed by atoms with Gasteiger partial charge in [0.1, 0.15) is 5.60 Å². The number of unbranched alkanes of at least 4 members (excludes halogenated alkanes) is 1. The Labute approximate surface area is 145 Å². The largest absolute Gasteiger partial charge is 0.465 e. The molecule has 0 radical (unpaired) electrons. The van der Waals surface area contributed by atoms with E-state index in [4.69, 9.17) is 21.3 Å². The Morgan fingerprint density at radius 3 is 1.71 bits per heavy atom. The van der Waals surface area contributed by atoms with Gasteiger partial charge in [-0.15, -0.1) is 0 Å². The van der Waals surface area contributed by atoms with Gasteiger partial charge in [-0.05, 0) is 59.5 Å². The third-order valence-electron chi connectivity index (χ3n) is 3.29. The zero-order chi connectivity index (χ0) is 18.6. The van der Waals surface area contributed by atoms with Crippen molar-refractivity contribution in [3.63, 3.8) is 0 Å². The van der Waals surface area contributed by atoms with Crippen LogP contribution in [0.3, 0.4) is 0 Å². The molecule has 0 bridgehead atoms. The molecule has 0 atom stereocenters. The molecule has 2 amide bonds. The van der Waals surface area contributed by atoms with Crippen LogP contribution in [0.4, 0.5) is 9.59 Å². The highest BCUT2D eigenvalue weighted by atomic mass is 16.6. The molecule has 5 N–H and O–H groups in total. The van der Waals surface area contributed by atoms with Gasteiger partial charge in [-0.2, -0.15) is 0 Å². The van der Waals surface area contributed by atoms with E-state index in [1.54, 1.807) is 4.90 Å². The molecule has 0 unspecified atom stereocenters. The number of carbonyl (C=O) groups is 2. The summed E-state index contributed by atoms with van der Waals surface area (Å²) in [7, 11) is 0. The van der Waals surface area contributed by atoms with E-state index >= 15 is 0 Å². The molecule has 0 aromatic rings. The molecule has 0 aliphatic rings. The zero-order valence-electron chi connectivity index (χ0n) is 15.3. The van der Waals surface area contributed by atoms with Crippen molar-refractivity contribution in [3.05, 3.63) is 0 Å². The summed E-state index contributed by atoms with van der Waals surface area (Å²) in [5.74, 6) is 0. The van der Waals surface area contributed by atoms with Crippen LogP contribution < -0.4 is 11.5 Å². The first-order valence-electron chi connectivity index (χ1n) is 8.57. The molecule has 0 aliphatic carbocycles. The lowest BCUT2D eigenvalue weighted by Crippen LogP contribution is -2.39. The van der Waals surface area contributed by atoms with E-state index in [2.05, 4.69) is 0 Å². The lowest BCUT2D eigenvalue weighted by Gasteiger charge is -2.27. The molecule has 0 aliphatic heterocycles. The third-order valence-corrected chi connectivity index (χ3v) is 3.29. The molecule has 0 saturated carbocycles. The van der Waals surface area contributed by atoms with Gasteiger partial charge in [-0.25, -0.2) is 9.59 Å². The summed E-state index contributed by atoms with van der Waals surface area (Å²) >= 11 is 0. The van der Waals surface area contributed by atoms with Crippen molar-refractivity contribution in [1.82, 2.24) is 9.80 Å². The SMILES string of the molecule is CC(C)(C)OC(=O)N(CCCN)CCCCN(CCCN)C(=O)O. The summed E-state index contributed by atoms with van der Waals surface area (Å²) in [4.78, 5) is 26.3. The maximum Gasteiger partial charge on any atom is 0.410 e. The van der Waals surface area contributed by atoms with Crippen molar-refractivity contribution < 1.29 is 19.4 Å². The number of hydrogen-bond donors (Lipinski definition) is 3. The average molecular weight is 346 g/mol. The molecular formula is C16H34N4O4. The van der Waals surface area contributed by atoms with Gasteiger partial charge >= 0.3 is 12.2 Å². The van der Waals surface area contributed by atoms with Crippen molar-refractivity contribution in [1.29, 1.82) is 0 Å². The number of ether oxygens (including phenoxy) is 1. The van der Waals surface area contributed by atoms with Crippen LogP contribution in [0.5, 0.6) is 0 Å². The minimum Gasteiger partial charge on any atom is -0.465 e. The van der Waals surface area contributed by atoms with Crippen molar-refractivity contribution >= 4 is 12.2 Å². The minimum atomic E-state index is -0.935. The van der Waals surface area contributed by atoms with Crippen LogP contribution in [-0.2, 0) is 4.74 Å². The molecule has 0 saturated heterocycles. The molecule has 0 heterocycles. The zero-order valence-corrected chi connectivity index (χ0v) is 15.3. The van der Waals surface area contributed by atoms with Gasteiger partial charge in [-0.3, -0.25) is 0 Å². The molecule has 8 heteroatoms. The van der Waals surface area contributed by atoms with Gasteiger partial charge in [0, 0.05) is 26.2 Å². The fraction of sp³-hybridized carbons (Fsp3) is 0.875. The molecule has 142 valence electrons. The molecule has 0 aromatic carbocycles. The molecule has 0 rings (SSSR count). The Kier molecular flexibility index (Phi) is 11.1. The maximum absolute atomic E-state index is 12.2. The number of nitrogens with zero attached hydrogens (tertiary/aromatic N) is 2. The predicted octanol–water partition coefficient (Wildman–Crippen LogP) is 1.68. The molecular weight excluding hydrogens is 312 g/mol. The van der Waals surface area contributed by atoms with Crippen LogP contribution in [0, 0.1) is 0 Å². The second kappa shape index (κ2) is 11.9. The number of nitrogens with two attached hydrogens (primary N) is 2.